The number of amides is 1. The van der Waals surface area contributed by atoms with Gasteiger partial charge in [-0.2, -0.15) is 5.10 Å². The average molecular weight is 365 g/mol. The molecule has 4 aromatic rings. The molecule has 8 heteroatoms. The summed E-state index contributed by atoms with van der Waals surface area (Å²) >= 11 is 0. The summed E-state index contributed by atoms with van der Waals surface area (Å²) in [4.78, 5) is 17.5. The molecular weight excluding hydrogens is 346 g/mol. The van der Waals surface area contributed by atoms with Gasteiger partial charge in [-0.05, 0) is 39.0 Å². The summed E-state index contributed by atoms with van der Waals surface area (Å²) < 4.78 is 12.4. The Morgan fingerprint density at radius 2 is 2.11 bits per heavy atom. The van der Waals surface area contributed by atoms with Crippen LogP contribution in [0.3, 0.4) is 0 Å². The first kappa shape index (κ1) is 17.0. The summed E-state index contributed by atoms with van der Waals surface area (Å²) in [6.07, 6.45) is 3.46. The molecule has 1 amide bonds. The minimum Gasteiger partial charge on any atom is -0.463 e. The Balaban J connectivity index is 1.74. The highest BCUT2D eigenvalue weighted by Gasteiger charge is 2.22. The van der Waals surface area contributed by atoms with Crippen molar-refractivity contribution in [3.63, 3.8) is 0 Å². The number of nitrogens with one attached hydrogen (secondary N) is 1. The quantitative estimate of drug-likeness (QED) is 0.595. The van der Waals surface area contributed by atoms with Crippen molar-refractivity contribution < 1.29 is 13.7 Å². The fourth-order valence-electron chi connectivity index (χ4n) is 3.22. The van der Waals surface area contributed by atoms with Crippen molar-refractivity contribution in [1.82, 2.24) is 25.2 Å². The van der Waals surface area contributed by atoms with Gasteiger partial charge in [0.15, 0.2) is 5.76 Å². The maximum atomic E-state index is 13.1. The Morgan fingerprint density at radius 1 is 1.30 bits per heavy atom. The molecule has 0 bridgehead atoms. The van der Waals surface area contributed by atoms with E-state index in [2.05, 4.69) is 20.6 Å². The number of aryl methyl sites for hydroxylation is 3. The molecule has 4 aromatic heterocycles. The lowest BCUT2D eigenvalue weighted by Gasteiger charge is -2.14. The van der Waals surface area contributed by atoms with Crippen LogP contribution in [0.2, 0.25) is 0 Å². The fraction of sp³-hybridized carbons (Fsp3) is 0.263. The van der Waals surface area contributed by atoms with E-state index in [-0.39, 0.29) is 11.9 Å². The number of rotatable bonds is 4. The summed E-state index contributed by atoms with van der Waals surface area (Å²) in [6, 6.07) is 5.03. The van der Waals surface area contributed by atoms with Gasteiger partial charge in [0.2, 0.25) is 0 Å². The lowest BCUT2D eigenvalue weighted by molar-refractivity contribution is 0.0941. The molecule has 0 radical (unpaired) electrons. The van der Waals surface area contributed by atoms with E-state index in [1.807, 2.05) is 27.1 Å². The van der Waals surface area contributed by atoms with Crippen molar-refractivity contribution in [2.24, 2.45) is 7.05 Å². The maximum Gasteiger partial charge on any atom is 0.259 e. The van der Waals surface area contributed by atoms with Crippen molar-refractivity contribution in [1.29, 1.82) is 0 Å². The molecule has 1 atom stereocenters. The second-order valence-electron chi connectivity index (χ2n) is 6.52. The first-order valence-electron chi connectivity index (χ1n) is 8.56. The van der Waals surface area contributed by atoms with Gasteiger partial charge in [0, 0.05) is 18.8 Å². The molecule has 0 saturated carbocycles. The highest BCUT2D eigenvalue weighted by Crippen LogP contribution is 2.28. The Labute approximate surface area is 155 Å². The zero-order valence-corrected chi connectivity index (χ0v) is 15.5. The summed E-state index contributed by atoms with van der Waals surface area (Å²) in [7, 11) is 1.85. The molecule has 0 spiro atoms. The van der Waals surface area contributed by atoms with Crippen molar-refractivity contribution in [2.75, 3.05) is 0 Å². The average Bonchev–Trinajstić information content (AvgIpc) is 3.35. The van der Waals surface area contributed by atoms with Crippen LogP contribution in [0.15, 0.2) is 39.6 Å². The summed E-state index contributed by atoms with van der Waals surface area (Å²) in [5.74, 6) is 0.313. The molecule has 27 heavy (non-hydrogen) atoms. The van der Waals surface area contributed by atoms with Gasteiger partial charge >= 0.3 is 0 Å². The van der Waals surface area contributed by atoms with Gasteiger partial charge in [0.1, 0.15) is 5.69 Å². The van der Waals surface area contributed by atoms with Crippen LogP contribution in [0.4, 0.5) is 0 Å². The molecule has 4 rings (SSSR count). The zero-order chi connectivity index (χ0) is 19.1. The molecule has 0 aromatic carbocycles. The van der Waals surface area contributed by atoms with E-state index in [1.165, 1.54) is 0 Å². The number of nitrogens with zero attached hydrogens (tertiary/aromatic N) is 4. The third-order valence-electron chi connectivity index (χ3n) is 4.50. The SMILES string of the molecule is Cc1nn(C)cc1C(C)NC(=O)c1cc(-c2ccco2)nc2onc(C)c12. The van der Waals surface area contributed by atoms with E-state index >= 15 is 0 Å². The van der Waals surface area contributed by atoms with E-state index in [9.17, 15) is 4.79 Å². The van der Waals surface area contributed by atoms with Crippen molar-refractivity contribution in [2.45, 2.75) is 26.8 Å². The van der Waals surface area contributed by atoms with Crippen LogP contribution in [-0.2, 0) is 7.05 Å². The summed E-state index contributed by atoms with van der Waals surface area (Å²) in [6.45, 7) is 5.63. The lowest BCUT2D eigenvalue weighted by Crippen LogP contribution is -2.27. The van der Waals surface area contributed by atoms with Crippen molar-refractivity contribution in [3.05, 3.63) is 53.2 Å². The van der Waals surface area contributed by atoms with Crippen LogP contribution >= 0.6 is 0 Å². The molecule has 4 heterocycles. The van der Waals surface area contributed by atoms with E-state index in [1.54, 1.807) is 36.1 Å². The highest BCUT2D eigenvalue weighted by molar-refractivity contribution is 6.07. The predicted molar refractivity (Wildman–Crippen MR) is 98.1 cm³/mol. The number of fused-ring (bicyclic) bond motifs is 1. The van der Waals surface area contributed by atoms with Gasteiger partial charge in [-0.15, -0.1) is 0 Å². The van der Waals surface area contributed by atoms with Crippen LogP contribution in [0.5, 0.6) is 0 Å². The molecule has 8 nitrogen and oxygen atoms in total. The molecule has 1 N–H and O–H groups in total. The van der Waals surface area contributed by atoms with Crippen LogP contribution in [0.1, 0.15) is 40.3 Å². The number of carbonyl (C=O) groups is 1. The largest absolute Gasteiger partial charge is 0.463 e. The third-order valence-corrected chi connectivity index (χ3v) is 4.50. The molecule has 138 valence electrons. The second-order valence-corrected chi connectivity index (χ2v) is 6.52. The number of hydrogen-bond donors (Lipinski definition) is 1. The third kappa shape index (κ3) is 2.99. The molecule has 1 unspecified atom stereocenters. The standard InChI is InChI=1S/C19H19N5O3/c1-10(14-9-24(4)22-11(14)2)20-18(25)13-8-15(16-6-5-7-26-16)21-19-17(13)12(3)23-27-19/h5-10H,1-4H3,(H,20,25). The molecule has 0 aliphatic carbocycles. The molecule has 0 aliphatic heterocycles. The lowest BCUT2D eigenvalue weighted by atomic mass is 10.1. The van der Waals surface area contributed by atoms with Gasteiger partial charge in [-0.1, -0.05) is 5.16 Å². The number of aromatic nitrogens is 4. The Hall–Kier alpha value is -3.42. The minimum atomic E-state index is -0.239. The van der Waals surface area contributed by atoms with Gasteiger partial charge < -0.3 is 14.3 Å². The van der Waals surface area contributed by atoms with E-state index in [4.69, 9.17) is 8.94 Å². The van der Waals surface area contributed by atoms with E-state index < -0.39 is 0 Å². The van der Waals surface area contributed by atoms with Crippen LogP contribution in [-0.4, -0.2) is 25.8 Å². The first-order valence-corrected chi connectivity index (χ1v) is 8.56. The Kier molecular flexibility index (Phi) is 4.02. The second kappa shape index (κ2) is 6.39. The molecule has 0 saturated heterocycles. The maximum absolute atomic E-state index is 13.1. The normalized spacial score (nSPS) is 12.4. The van der Waals surface area contributed by atoms with E-state index in [0.717, 1.165) is 11.3 Å². The minimum absolute atomic E-state index is 0.207. The number of furan rings is 1. The van der Waals surface area contributed by atoms with Gasteiger partial charge in [0.05, 0.1) is 34.6 Å². The fourth-order valence-corrected chi connectivity index (χ4v) is 3.22. The van der Waals surface area contributed by atoms with Crippen LogP contribution < -0.4 is 5.32 Å². The molecule has 0 fully saturated rings. The smallest absolute Gasteiger partial charge is 0.259 e. The molecule has 0 aliphatic rings. The predicted octanol–water partition coefficient (Wildman–Crippen LogP) is 3.32. The van der Waals surface area contributed by atoms with Crippen molar-refractivity contribution >= 4 is 17.0 Å². The van der Waals surface area contributed by atoms with Crippen LogP contribution in [0, 0.1) is 13.8 Å². The Morgan fingerprint density at radius 3 is 2.78 bits per heavy atom. The first-order chi connectivity index (χ1) is 12.9. The van der Waals surface area contributed by atoms with Gasteiger partial charge in [-0.25, -0.2) is 4.98 Å². The summed E-state index contributed by atoms with van der Waals surface area (Å²) in [5, 5.41) is 11.9. The number of pyridine rings is 1. The number of carbonyl (C=O) groups excluding carboxylic acids is 1. The molecular formula is C19H19N5O3. The Bertz CT molecular complexity index is 1120. The van der Waals surface area contributed by atoms with E-state index in [0.29, 0.717) is 33.8 Å². The topological polar surface area (TPSA) is 99.0 Å². The summed E-state index contributed by atoms with van der Waals surface area (Å²) in [5.41, 5.74) is 3.71. The van der Waals surface area contributed by atoms with Gasteiger partial charge in [-0.3, -0.25) is 9.48 Å². The van der Waals surface area contributed by atoms with Crippen LogP contribution in [0.25, 0.3) is 22.6 Å². The van der Waals surface area contributed by atoms with Crippen molar-refractivity contribution in [3.8, 4) is 11.5 Å². The highest BCUT2D eigenvalue weighted by atomic mass is 16.5. The zero-order valence-electron chi connectivity index (χ0n) is 15.5. The monoisotopic (exact) mass is 365 g/mol. The van der Waals surface area contributed by atoms with Gasteiger partial charge in [0.25, 0.3) is 11.6 Å². The number of hydrogen-bond acceptors (Lipinski definition) is 6.